The minimum absolute atomic E-state index is 0.227. The Morgan fingerprint density at radius 3 is 3.00 bits per heavy atom. The molecule has 0 amide bonds. The van der Waals surface area contributed by atoms with Crippen molar-refractivity contribution in [2.24, 2.45) is 5.92 Å². The molecule has 0 aliphatic heterocycles. The van der Waals surface area contributed by atoms with Gasteiger partial charge in [-0.3, -0.25) is 4.79 Å². The van der Waals surface area contributed by atoms with Crippen LogP contribution in [0, 0.1) is 5.92 Å². The number of ether oxygens (including phenoxy) is 1. The Hall–Kier alpha value is -0.510. The van der Waals surface area contributed by atoms with E-state index in [0.29, 0.717) is 25.9 Å². The smallest absolute Gasteiger partial charge is 0.314 e. The SMILES string of the molecule is CCOC(=O)C1CCCC(F)C1=S. The van der Waals surface area contributed by atoms with E-state index >= 15 is 0 Å². The van der Waals surface area contributed by atoms with Gasteiger partial charge in [-0.2, -0.15) is 0 Å². The molecule has 4 heteroatoms. The maximum atomic E-state index is 13.1. The lowest BCUT2D eigenvalue weighted by molar-refractivity contribution is -0.146. The van der Waals surface area contributed by atoms with Gasteiger partial charge in [0.25, 0.3) is 0 Å². The molecule has 74 valence electrons. The molecule has 2 nitrogen and oxygen atoms in total. The Bertz CT molecular complexity index is 218. The Balaban J connectivity index is 2.57. The highest BCUT2D eigenvalue weighted by Crippen LogP contribution is 2.25. The molecule has 0 saturated heterocycles. The number of alkyl halides is 1. The van der Waals surface area contributed by atoms with Gasteiger partial charge < -0.3 is 4.74 Å². The van der Waals surface area contributed by atoms with Crippen LogP contribution in [0.4, 0.5) is 4.39 Å². The molecule has 0 aromatic carbocycles. The highest BCUT2D eigenvalue weighted by atomic mass is 32.1. The zero-order valence-corrected chi connectivity index (χ0v) is 8.40. The third-order valence-corrected chi connectivity index (χ3v) is 2.71. The normalized spacial score (nSPS) is 28.6. The Kier molecular flexibility index (Phi) is 3.78. The molecule has 0 heterocycles. The number of halogens is 1. The summed E-state index contributed by atoms with van der Waals surface area (Å²) in [7, 11) is 0. The second-order valence-electron chi connectivity index (χ2n) is 3.11. The summed E-state index contributed by atoms with van der Waals surface area (Å²) in [4.78, 5) is 11.5. The molecule has 1 aliphatic rings. The van der Waals surface area contributed by atoms with Crippen LogP contribution in [0.15, 0.2) is 0 Å². The fourth-order valence-electron chi connectivity index (χ4n) is 1.48. The quantitative estimate of drug-likeness (QED) is 0.508. The van der Waals surface area contributed by atoms with Crippen molar-refractivity contribution in [1.82, 2.24) is 0 Å². The summed E-state index contributed by atoms with van der Waals surface area (Å²) in [6.45, 7) is 2.06. The third-order valence-electron chi connectivity index (χ3n) is 2.17. The summed E-state index contributed by atoms with van der Waals surface area (Å²) in [5.41, 5.74) is 0. The molecule has 0 aromatic heterocycles. The average Bonchev–Trinajstić information content (AvgIpc) is 2.10. The highest BCUT2D eigenvalue weighted by molar-refractivity contribution is 7.80. The highest BCUT2D eigenvalue weighted by Gasteiger charge is 2.33. The van der Waals surface area contributed by atoms with Crippen molar-refractivity contribution in [1.29, 1.82) is 0 Å². The van der Waals surface area contributed by atoms with Gasteiger partial charge in [0.15, 0.2) is 0 Å². The molecule has 0 aromatic rings. The minimum Gasteiger partial charge on any atom is -0.466 e. The molecular formula is C9H13FO2S. The first-order chi connectivity index (χ1) is 6.16. The van der Waals surface area contributed by atoms with Crippen LogP contribution in [0.3, 0.4) is 0 Å². The molecule has 1 saturated carbocycles. The van der Waals surface area contributed by atoms with Crippen LogP contribution in [0.25, 0.3) is 0 Å². The monoisotopic (exact) mass is 204 g/mol. The first-order valence-electron chi connectivity index (χ1n) is 4.51. The van der Waals surface area contributed by atoms with E-state index in [1.807, 2.05) is 0 Å². The second kappa shape index (κ2) is 4.65. The summed E-state index contributed by atoms with van der Waals surface area (Å²) < 4.78 is 17.9. The first-order valence-corrected chi connectivity index (χ1v) is 4.92. The maximum Gasteiger partial charge on any atom is 0.314 e. The van der Waals surface area contributed by atoms with E-state index in [1.54, 1.807) is 6.92 Å². The van der Waals surface area contributed by atoms with Gasteiger partial charge in [-0.15, -0.1) is 0 Å². The van der Waals surface area contributed by atoms with Crippen molar-refractivity contribution in [3.05, 3.63) is 0 Å². The zero-order chi connectivity index (χ0) is 9.84. The number of esters is 1. The number of hydrogen-bond acceptors (Lipinski definition) is 3. The molecule has 2 unspecified atom stereocenters. The van der Waals surface area contributed by atoms with E-state index in [-0.39, 0.29) is 10.8 Å². The van der Waals surface area contributed by atoms with Gasteiger partial charge in [0, 0.05) is 4.86 Å². The van der Waals surface area contributed by atoms with Gasteiger partial charge in [0.05, 0.1) is 12.5 Å². The van der Waals surface area contributed by atoms with Gasteiger partial charge in [0.1, 0.15) is 6.17 Å². The fraction of sp³-hybridized carbons (Fsp3) is 0.778. The van der Waals surface area contributed by atoms with Crippen LogP contribution in [0.5, 0.6) is 0 Å². The lowest BCUT2D eigenvalue weighted by Crippen LogP contribution is -2.34. The van der Waals surface area contributed by atoms with Crippen molar-refractivity contribution >= 4 is 23.1 Å². The number of thiocarbonyl (C=S) groups is 1. The molecule has 1 rings (SSSR count). The van der Waals surface area contributed by atoms with Gasteiger partial charge in [-0.1, -0.05) is 12.2 Å². The third kappa shape index (κ3) is 2.46. The van der Waals surface area contributed by atoms with Crippen LogP contribution in [0.2, 0.25) is 0 Å². The maximum absolute atomic E-state index is 13.1. The lowest BCUT2D eigenvalue weighted by Gasteiger charge is -2.23. The Morgan fingerprint density at radius 1 is 1.69 bits per heavy atom. The summed E-state index contributed by atoms with van der Waals surface area (Å²) in [5, 5.41) is 0. The molecule has 0 spiro atoms. The van der Waals surface area contributed by atoms with Gasteiger partial charge in [0.2, 0.25) is 0 Å². The molecule has 1 aliphatic carbocycles. The van der Waals surface area contributed by atoms with Gasteiger partial charge in [-0.25, -0.2) is 4.39 Å². The lowest BCUT2D eigenvalue weighted by atomic mass is 9.88. The molecule has 0 radical (unpaired) electrons. The van der Waals surface area contributed by atoms with Crippen LogP contribution in [0.1, 0.15) is 26.2 Å². The van der Waals surface area contributed by atoms with Crippen LogP contribution >= 0.6 is 12.2 Å². The molecule has 0 N–H and O–H groups in total. The number of hydrogen-bond donors (Lipinski definition) is 0. The Morgan fingerprint density at radius 2 is 2.38 bits per heavy atom. The molecule has 2 atom stereocenters. The van der Waals surface area contributed by atoms with E-state index in [2.05, 4.69) is 0 Å². The molecule has 0 bridgehead atoms. The van der Waals surface area contributed by atoms with Crippen molar-refractivity contribution in [3.8, 4) is 0 Å². The molecular weight excluding hydrogens is 191 g/mol. The van der Waals surface area contributed by atoms with Crippen LogP contribution in [-0.2, 0) is 9.53 Å². The largest absolute Gasteiger partial charge is 0.466 e. The van der Waals surface area contributed by atoms with Gasteiger partial charge >= 0.3 is 5.97 Å². The van der Waals surface area contributed by atoms with Crippen molar-refractivity contribution in [2.45, 2.75) is 32.4 Å². The zero-order valence-electron chi connectivity index (χ0n) is 7.59. The minimum atomic E-state index is -1.10. The average molecular weight is 204 g/mol. The summed E-state index contributed by atoms with van der Waals surface area (Å²) in [6.07, 6.45) is 0.704. The predicted octanol–water partition coefficient (Wildman–Crippen LogP) is 2.06. The second-order valence-corrected chi connectivity index (χ2v) is 3.58. The van der Waals surface area contributed by atoms with Crippen molar-refractivity contribution in [2.75, 3.05) is 6.61 Å². The van der Waals surface area contributed by atoms with Gasteiger partial charge in [-0.05, 0) is 26.2 Å². The van der Waals surface area contributed by atoms with Crippen molar-refractivity contribution < 1.29 is 13.9 Å². The number of rotatable bonds is 2. The molecule has 13 heavy (non-hydrogen) atoms. The van der Waals surface area contributed by atoms with E-state index in [1.165, 1.54) is 0 Å². The van der Waals surface area contributed by atoms with E-state index in [9.17, 15) is 9.18 Å². The molecule has 1 fully saturated rings. The fourth-order valence-corrected chi connectivity index (χ4v) is 1.81. The summed E-state index contributed by atoms with van der Waals surface area (Å²) in [6, 6.07) is 0. The van der Waals surface area contributed by atoms with E-state index < -0.39 is 12.1 Å². The van der Waals surface area contributed by atoms with Crippen LogP contribution < -0.4 is 0 Å². The number of carbonyl (C=O) groups is 1. The predicted molar refractivity (Wildman–Crippen MR) is 51.5 cm³/mol. The first kappa shape index (κ1) is 10.6. The standard InChI is InChI=1S/C9H13FO2S/c1-2-12-9(11)6-4-3-5-7(10)8(6)13/h6-7H,2-5H2,1H3. The van der Waals surface area contributed by atoms with Crippen LogP contribution in [-0.4, -0.2) is 23.6 Å². The topological polar surface area (TPSA) is 26.3 Å². The Labute approximate surface area is 82.5 Å². The van der Waals surface area contributed by atoms with E-state index in [0.717, 1.165) is 0 Å². The van der Waals surface area contributed by atoms with E-state index in [4.69, 9.17) is 17.0 Å². The summed E-state index contributed by atoms with van der Waals surface area (Å²) >= 11 is 4.86. The number of carbonyl (C=O) groups excluding carboxylic acids is 1. The summed E-state index contributed by atoms with van der Waals surface area (Å²) in [5.74, 6) is -0.853. The van der Waals surface area contributed by atoms with Crippen molar-refractivity contribution in [3.63, 3.8) is 0 Å².